The molecule has 156 valence electrons. The molecule has 3 N–H and O–H groups in total. The first-order valence-corrected chi connectivity index (χ1v) is 10.8. The number of aryl methyl sites for hydroxylation is 1. The summed E-state index contributed by atoms with van der Waals surface area (Å²) in [6, 6.07) is 4.69. The highest BCUT2D eigenvalue weighted by Gasteiger charge is 2.08. The van der Waals surface area contributed by atoms with E-state index >= 15 is 0 Å². The van der Waals surface area contributed by atoms with E-state index in [1.54, 1.807) is 24.5 Å². The summed E-state index contributed by atoms with van der Waals surface area (Å²) >= 11 is 5.34. The average Bonchev–Trinajstić information content (AvgIpc) is 2.73. The van der Waals surface area contributed by atoms with Crippen LogP contribution < -0.4 is 16.0 Å². The molecule has 2 aromatic heterocycles. The molecule has 0 bridgehead atoms. The van der Waals surface area contributed by atoms with Crippen LogP contribution in [-0.2, 0) is 0 Å². The summed E-state index contributed by atoms with van der Waals surface area (Å²) in [6.45, 7) is 2.87. The smallest absolute Gasteiger partial charge is 0.271 e. The lowest BCUT2D eigenvalue weighted by Crippen LogP contribution is -2.26. The van der Waals surface area contributed by atoms with Crippen molar-refractivity contribution in [2.45, 2.75) is 13.3 Å². The van der Waals surface area contributed by atoms with Gasteiger partial charge in [-0.2, -0.15) is 4.98 Å². The standard InChI is InChI=1S/C19H18BrFIN7O/c1-11-8-26-16(10-25-11)18(30)24-6-2-5-23-17-13(20)9-27-19(29-17)28-12-3-4-14(21)15(22)7-12/h3-4,7-10H,2,5-6H2,1H3,(H,24,30)(H2,23,27,28,29). The first-order chi connectivity index (χ1) is 14.4. The Labute approximate surface area is 194 Å². The van der Waals surface area contributed by atoms with Crippen molar-refractivity contribution >= 4 is 61.9 Å². The topological polar surface area (TPSA) is 105 Å². The van der Waals surface area contributed by atoms with Gasteiger partial charge in [0.25, 0.3) is 5.91 Å². The number of carbonyl (C=O) groups excluding carboxylic acids is 1. The summed E-state index contributed by atoms with van der Waals surface area (Å²) in [5.74, 6) is 0.460. The zero-order chi connectivity index (χ0) is 21.5. The monoisotopic (exact) mass is 585 g/mol. The average molecular weight is 586 g/mol. The summed E-state index contributed by atoms with van der Waals surface area (Å²) in [5, 5.41) is 9.06. The number of amides is 1. The van der Waals surface area contributed by atoms with E-state index in [2.05, 4.69) is 51.8 Å². The van der Waals surface area contributed by atoms with E-state index in [1.807, 2.05) is 29.5 Å². The highest BCUT2D eigenvalue weighted by atomic mass is 127. The molecule has 0 aliphatic carbocycles. The molecule has 0 aliphatic heterocycles. The van der Waals surface area contributed by atoms with Crippen LogP contribution in [0.3, 0.4) is 0 Å². The van der Waals surface area contributed by atoms with Crippen molar-refractivity contribution in [1.82, 2.24) is 25.3 Å². The SMILES string of the molecule is Cc1cnc(C(=O)NCCCNc2nc(Nc3ccc(F)c(I)c3)ncc2Br)cn1. The number of nitrogens with one attached hydrogen (secondary N) is 3. The molecule has 1 amide bonds. The summed E-state index contributed by atoms with van der Waals surface area (Å²) in [6.07, 6.45) is 5.32. The second kappa shape index (κ2) is 10.6. The third kappa shape index (κ3) is 6.29. The van der Waals surface area contributed by atoms with E-state index in [1.165, 1.54) is 12.3 Å². The molecule has 0 aliphatic rings. The maximum Gasteiger partial charge on any atom is 0.271 e. The van der Waals surface area contributed by atoms with Crippen LogP contribution in [0.25, 0.3) is 0 Å². The van der Waals surface area contributed by atoms with E-state index in [0.717, 1.165) is 5.69 Å². The molecule has 0 atom stereocenters. The van der Waals surface area contributed by atoms with E-state index in [0.29, 0.717) is 50.7 Å². The van der Waals surface area contributed by atoms with Gasteiger partial charge in [-0.05, 0) is 70.1 Å². The van der Waals surface area contributed by atoms with Crippen molar-refractivity contribution in [3.05, 3.63) is 62.0 Å². The van der Waals surface area contributed by atoms with Crippen LogP contribution in [-0.4, -0.2) is 38.9 Å². The van der Waals surface area contributed by atoms with E-state index in [4.69, 9.17) is 0 Å². The van der Waals surface area contributed by atoms with E-state index < -0.39 is 0 Å². The molecule has 0 radical (unpaired) electrons. The Morgan fingerprint density at radius 1 is 1.17 bits per heavy atom. The third-order valence-electron chi connectivity index (χ3n) is 3.86. The van der Waals surface area contributed by atoms with Gasteiger partial charge in [0.1, 0.15) is 17.3 Å². The van der Waals surface area contributed by atoms with Crippen LogP contribution >= 0.6 is 38.5 Å². The number of anilines is 3. The molecule has 0 unspecified atom stereocenters. The van der Waals surface area contributed by atoms with Crippen molar-refractivity contribution < 1.29 is 9.18 Å². The first-order valence-electron chi connectivity index (χ1n) is 8.97. The molecule has 8 nitrogen and oxygen atoms in total. The summed E-state index contributed by atoms with van der Waals surface area (Å²) in [5.41, 5.74) is 1.74. The Kier molecular flexibility index (Phi) is 7.85. The Balaban J connectivity index is 1.49. The lowest BCUT2D eigenvalue weighted by Gasteiger charge is -2.11. The molecule has 3 rings (SSSR count). The summed E-state index contributed by atoms with van der Waals surface area (Å²) in [4.78, 5) is 28.8. The van der Waals surface area contributed by atoms with Crippen molar-refractivity contribution in [2.24, 2.45) is 0 Å². The van der Waals surface area contributed by atoms with Gasteiger partial charge in [0, 0.05) is 31.2 Å². The lowest BCUT2D eigenvalue weighted by atomic mass is 10.3. The fraction of sp³-hybridized carbons (Fsp3) is 0.211. The number of hydrogen-bond acceptors (Lipinski definition) is 7. The minimum atomic E-state index is -0.276. The van der Waals surface area contributed by atoms with Crippen LogP contribution in [0.15, 0.2) is 41.3 Å². The molecule has 3 aromatic rings. The zero-order valence-electron chi connectivity index (χ0n) is 15.9. The fourth-order valence-corrected chi connectivity index (χ4v) is 3.20. The Morgan fingerprint density at radius 3 is 2.73 bits per heavy atom. The summed E-state index contributed by atoms with van der Waals surface area (Å²) < 4.78 is 14.6. The molecule has 0 spiro atoms. The maximum atomic E-state index is 13.4. The number of hydrogen-bond donors (Lipinski definition) is 3. The molecule has 0 saturated carbocycles. The van der Waals surface area contributed by atoms with Crippen LogP contribution in [0.1, 0.15) is 22.6 Å². The number of halogens is 3. The number of nitrogens with zero attached hydrogens (tertiary/aromatic N) is 4. The van der Waals surface area contributed by atoms with Gasteiger partial charge >= 0.3 is 0 Å². The zero-order valence-corrected chi connectivity index (χ0v) is 19.7. The van der Waals surface area contributed by atoms with Crippen LogP contribution in [0, 0.1) is 16.3 Å². The molecule has 30 heavy (non-hydrogen) atoms. The number of carbonyl (C=O) groups is 1. The second-order valence-corrected chi connectivity index (χ2v) is 8.24. The predicted molar refractivity (Wildman–Crippen MR) is 124 cm³/mol. The van der Waals surface area contributed by atoms with Crippen LogP contribution in [0.4, 0.5) is 21.8 Å². The molecular weight excluding hydrogens is 568 g/mol. The number of aromatic nitrogens is 4. The van der Waals surface area contributed by atoms with E-state index in [9.17, 15) is 9.18 Å². The Bertz CT molecular complexity index is 1040. The Hall–Kier alpha value is -2.41. The molecule has 2 heterocycles. The van der Waals surface area contributed by atoms with Crippen LogP contribution in [0.5, 0.6) is 0 Å². The van der Waals surface area contributed by atoms with Crippen molar-refractivity contribution in [2.75, 3.05) is 23.7 Å². The van der Waals surface area contributed by atoms with Gasteiger partial charge in [0.2, 0.25) is 5.95 Å². The van der Waals surface area contributed by atoms with Gasteiger partial charge < -0.3 is 16.0 Å². The van der Waals surface area contributed by atoms with Gasteiger partial charge in [-0.15, -0.1) is 0 Å². The highest BCUT2D eigenvalue weighted by molar-refractivity contribution is 14.1. The van der Waals surface area contributed by atoms with Crippen LogP contribution in [0.2, 0.25) is 0 Å². The van der Waals surface area contributed by atoms with Gasteiger partial charge in [-0.25, -0.2) is 14.4 Å². The summed E-state index contributed by atoms with van der Waals surface area (Å²) in [7, 11) is 0. The minimum Gasteiger partial charge on any atom is -0.369 e. The number of rotatable bonds is 8. The molecule has 0 fully saturated rings. The van der Waals surface area contributed by atoms with Crippen molar-refractivity contribution in [3.8, 4) is 0 Å². The fourth-order valence-electron chi connectivity index (χ4n) is 2.35. The van der Waals surface area contributed by atoms with Gasteiger partial charge in [0.15, 0.2) is 0 Å². The van der Waals surface area contributed by atoms with Gasteiger partial charge in [-0.3, -0.25) is 9.78 Å². The predicted octanol–water partition coefficient (Wildman–Crippen LogP) is 4.06. The Morgan fingerprint density at radius 2 is 2.00 bits per heavy atom. The maximum absolute atomic E-state index is 13.4. The second-order valence-electron chi connectivity index (χ2n) is 6.22. The molecular formula is C19H18BrFIN7O. The molecule has 1 aromatic carbocycles. The van der Waals surface area contributed by atoms with Gasteiger partial charge in [0.05, 0.1) is 19.9 Å². The first kappa shape index (κ1) is 22.3. The molecule has 11 heteroatoms. The lowest BCUT2D eigenvalue weighted by molar-refractivity contribution is 0.0948. The van der Waals surface area contributed by atoms with Crippen molar-refractivity contribution in [3.63, 3.8) is 0 Å². The normalized spacial score (nSPS) is 10.5. The van der Waals surface area contributed by atoms with Crippen molar-refractivity contribution in [1.29, 1.82) is 0 Å². The molecule has 0 saturated heterocycles. The highest BCUT2D eigenvalue weighted by Crippen LogP contribution is 2.23. The van der Waals surface area contributed by atoms with Gasteiger partial charge in [-0.1, -0.05) is 0 Å². The van der Waals surface area contributed by atoms with E-state index in [-0.39, 0.29) is 11.7 Å². The third-order valence-corrected chi connectivity index (χ3v) is 5.27. The quantitative estimate of drug-likeness (QED) is 0.270. The largest absolute Gasteiger partial charge is 0.369 e. The number of benzene rings is 1. The minimum absolute atomic E-state index is 0.258.